The molecule has 1 heterocycles. The molecule has 1 saturated heterocycles. The number of benzene rings is 1. The van der Waals surface area contributed by atoms with Crippen LogP contribution in [0.5, 0.6) is 5.75 Å². The predicted octanol–water partition coefficient (Wildman–Crippen LogP) is 1.49. The summed E-state index contributed by atoms with van der Waals surface area (Å²) < 4.78 is 13.3. The van der Waals surface area contributed by atoms with Gasteiger partial charge in [-0.15, -0.1) is 0 Å². The minimum atomic E-state index is -1.32. The maximum absolute atomic E-state index is 13.0. The highest BCUT2D eigenvalue weighted by molar-refractivity contribution is 7.98. The Bertz CT molecular complexity index is 758. The molecule has 2 amide bonds. The van der Waals surface area contributed by atoms with Crippen LogP contribution in [0, 0.1) is 0 Å². The summed E-state index contributed by atoms with van der Waals surface area (Å²) in [5.74, 6) is -0.841. The highest BCUT2D eigenvalue weighted by Crippen LogP contribution is 2.41. The van der Waals surface area contributed by atoms with Gasteiger partial charge in [-0.2, -0.15) is 0 Å². The predicted molar refractivity (Wildman–Crippen MR) is 111 cm³/mol. The lowest BCUT2D eigenvalue weighted by Gasteiger charge is -2.55. The van der Waals surface area contributed by atoms with Crippen molar-refractivity contribution in [3.05, 3.63) is 42.5 Å². The third kappa shape index (κ3) is 5.10. The molecule has 2 unspecified atom stereocenters. The number of carbonyl (C=O) groups excluding carboxylic acids is 3. The normalized spacial score (nSPS) is 20.6. The van der Waals surface area contributed by atoms with E-state index >= 15 is 0 Å². The molecule has 1 aromatic rings. The Morgan fingerprint density at radius 3 is 2.59 bits per heavy atom. The van der Waals surface area contributed by atoms with Crippen LogP contribution < -0.4 is 14.8 Å². The van der Waals surface area contributed by atoms with Crippen molar-refractivity contribution in [1.82, 2.24) is 14.9 Å². The Kier molecular flexibility index (Phi) is 8.10. The fourth-order valence-corrected chi connectivity index (χ4v) is 4.21. The second kappa shape index (κ2) is 10.3. The number of hydrogen-bond acceptors (Lipinski definition) is 7. The van der Waals surface area contributed by atoms with Gasteiger partial charge >= 0.3 is 5.97 Å². The number of hydrogen-bond donors (Lipinski definition) is 2. The van der Waals surface area contributed by atoms with Crippen molar-refractivity contribution in [1.29, 1.82) is 0 Å². The van der Waals surface area contributed by atoms with E-state index in [1.54, 1.807) is 31.2 Å². The van der Waals surface area contributed by atoms with Gasteiger partial charge in [0.1, 0.15) is 17.7 Å². The number of nitrogens with one attached hydrogen (secondary N) is 2. The number of β-lactam (4-membered cyclic amide) rings is 1. The third-order valence-electron chi connectivity index (χ3n) is 4.45. The Labute approximate surface area is 175 Å². The molecule has 29 heavy (non-hydrogen) atoms. The van der Waals surface area contributed by atoms with Crippen LogP contribution in [0.15, 0.2) is 42.5 Å². The average molecular weight is 422 g/mol. The van der Waals surface area contributed by atoms with E-state index in [0.29, 0.717) is 17.9 Å². The summed E-state index contributed by atoms with van der Waals surface area (Å²) in [6.45, 7) is 7.87. The minimum absolute atomic E-state index is 0.202. The molecule has 0 bridgehead atoms. The monoisotopic (exact) mass is 421 g/mol. The molecule has 8 nitrogen and oxygen atoms in total. The fourth-order valence-electron chi connectivity index (χ4n) is 2.89. The van der Waals surface area contributed by atoms with Gasteiger partial charge in [0.25, 0.3) is 11.8 Å². The van der Waals surface area contributed by atoms with Gasteiger partial charge in [-0.25, -0.2) is 0 Å². The molecule has 0 spiro atoms. The van der Waals surface area contributed by atoms with Gasteiger partial charge in [0.05, 0.1) is 7.11 Å². The van der Waals surface area contributed by atoms with E-state index in [-0.39, 0.29) is 13.2 Å². The van der Waals surface area contributed by atoms with Crippen LogP contribution in [-0.4, -0.2) is 60.4 Å². The first-order valence-electron chi connectivity index (χ1n) is 9.28. The van der Waals surface area contributed by atoms with Gasteiger partial charge < -0.3 is 19.7 Å². The smallest absolute Gasteiger partial charge is 0.325 e. The Hall–Kier alpha value is -2.52. The second-order valence-electron chi connectivity index (χ2n) is 6.61. The van der Waals surface area contributed by atoms with Crippen molar-refractivity contribution in [2.24, 2.45) is 0 Å². The van der Waals surface area contributed by atoms with E-state index in [2.05, 4.69) is 21.4 Å². The molecule has 2 rings (SSSR count). The summed E-state index contributed by atoms with van der Waals surface area (Å²) >= 11 is 1.27. The van der Waals surface area contributed by atoms with E-state index in [9.17, 15) is 14.4 Å². The highest BCUT2D eigenvalue weighted by Gasteiger charge is 2.63. The zero-order valence-corrected chi connectivity index (χ0v) is 17.7. The third-order valence-corrected chi connectivity index (χ3v) is 5.65. The molecule has 1 aliphatic heterocycles. The van der Waals surface area contributed by atoms with Crippen molar-refractivity contribution in [2.75, 3.05) is 26.8 Å². The number of nitrogens with zero attached hydrogens (tertiary/aromatic N) is 1. The fraction of sp³-hybridized carbons (Fsp3) is 0.450. The summed E-state index contributed by atoms with van der Waals surface area (Å²) in [6, 6.07) is 8.92. The van der Waals surface area contributed by atoms with E-state index in [1.807, 2.05) is 13.0 Å². The number of likely N-dealkylation sites (tertiary alicyclic amines) is 1. The van der Waals surface area contributed by atoms with Crippen LogP contribution in [0.2, 0.25) is 0 Å². The average Bonchev–Trinajstić information content (AvgIpc) is 2.72. The summed E-state index contributed by atoms with van der Waals surface area (Å²) in [5, 5.41) is 2.24. The lowest BCUT2D eigenvalue weighted by Crippen LogP contribution is -2.80. The molecule has 1 aromatic carbocycles. The number of methoxy groups -OCH3 is 1. The molecule has 2 atom stereocenters. The minimum Gasteiger partial charge on any atom is -0.484 e. The number of amides is 2. The number of esters is 1. The molecule has 9 heteroatoms. The number of ether oxygens (including phenoxy) is 2. The SMILES string of the molecule is C=C(C)C1(NC(=O)COc2ccccc2)C(=O)N(CC(=O)OC)C1SNCCC. The summed E-state index contributed by atoms with van der Waals surface area (Å²) in [7, 11) is 1.26. The van der Waals surface area contributed by atoms with Gasteiger partial charge in [-0.3, -0.25) is 19.1 Å². The molecule has 1 aliphatic rings. The first-order valence-corrected chi connectivity index (χ1v) is 10.2. The first kappa shape index (κ1) is 22.8. The molecule has 1 fully saturated rings. The van der Waals surface area contributed by atoms with Gasteiger partial charge in [-0.1, -0.05) is 43.6 Å². The lowest BCUT2D eigenvalue weighted by atomic mass is 9.81. The van der Waals surface area contributed by atoms with Crippen LogP contribution in [0.25, 0.3) is 0 Å². The summed E-state index contributed by atoms with van der Waals surface area (Å²) in [6.07, 6.45) is 0.891. The van der Waals surface area contributed by atoms with Crippen LogP contribution in [0.3, 0.4) is 0 Å². The standard InChI is InChI=1S/C20H27N3O5S/c1-5-11-21-29-19-20(14(2)3,18(26)23(19)12-17(25)27-4)22-16(24)13-28-15-9-7-6-8-10-15/h6-10,19,21H,2,5,11-13H2,1,3-4H3,(H,22,24). The van der Waals surface area contributed by atoms with Crippen molar-refractivity contribution in [2.45, 2.75) is 31.2 Å². The highest BCUT2D eigenvalue weighted by atomic mass is 32.2. The largest absolute Gasteiger partial charge is 0.484 e. The number of para-hydroxylation sites is 1. The zero-order chi connectivity index (χ0) is 21.4. The molecule has 158 valence electrons. The molecule has 0 saturated carbocycles. The van der Waals surface area contributed by atoms with Crippen LogP contribution in [0.4, 0.5) is 0 Å². The molecule has 0 aliphatic carbocycles. The molecular weight excluding hydrogens is 394 g/mol. The molecule has 0 radical (unpaired) electrons. The van der Waals surface area contributed by atoms with Crippen molar-refractivity contribution in [3.63, 3.8) is 0 Å². The van der Waals surface area contributed by atoms with E-state index in [0.717, 1.165) is 6.42 Å². The second-order valence-corrected chi connectivity index (χ2v) is 7.58. The Morgan fingerprint density at radius 2 is 2.00 bits per heavy atom. The zero-order valence-electron chi connectivity index (χ0n) is 16.9. The van der Waals surface area contributed by atoms with Gasteiger partial charge in [-0.05, 0) is 31.1 Å². The first-order chi connectivity index (χ1) is 13.9. The maximum Gasteiger partial charge on any atom is 0.325 e. The van der Waals surface area contributed by atoms with Crippen LogP contribution >= 0.6 is 11.9 Å². The van der Waals surface area contributed by atoms with Crippen molar-refractivity contribution < 1.29 is 23.9 Å². The maximum atomic E-state index is 13.0. The van der Waals surface area contributed by atoms with Gasteiger partial charge in [0.15, 0.2) is 12.1 Å². The Balaban J connectivity index is 2.14. The van der Waals surface area contributed by atoms with Crippen LogP contribution in [0.1, 0.15) is 20.3 Å². The van der Waals surface area contributed by atoms with Gasteiger partial charge in [0.2, 0.25) is 0 Å². The summed E-state index contributed by atoms with van der Waals surface area (Å²) in [4.78, 5) is 38.6. The molecular formula is C20H27N3O5S. The molecule has 0 aromatic heterocycles. The quantitative estimate of drug-likeness (QED) is 0.184. The van der Waals surface area contributed by atoms with Crippen molar-refractivity contribution in [3.8, 4) is 5.75 Å². The van der Waals surface area contributed by atoms with Crippen molar-refractivity contribution >= 4 is 29.7 Å². The summed E-state index contributed by atoms with van der Waals surface area (Å²) in [5.41, 5.74) is -0.844. The van der Waals surface area contributed by atoms with E-state index < -0.39 is 28.7 Å². The van der Waals surface area contributed by atoms with E-state index in [4.69, 9.17) is 4.74 Å². The number of carbonyl (C=O) groups is 3. The van der Waals surface area contributed by atoms with E-state index in [1.165, 1.54) is 24.0 Å². The molecule has 2 N–H and O–H groups in total. The lowest BCUT2D eigenvalue weighted by molar-refractivity contribution is -0.162. The number of rotatable bonds is 11. The Morgan fingerprint density at radius 1 is 1.31 bits per heavy atom. The van der Waals surface area contributed by atoms with Crippen LogP contribution in [-0.2, 0) is 19.1 Å². The van der Waals surface area contributed by atoms with Gasteiger partial charge in [0, 0.05) is 6.54 Å². The topological polar surface area (TPSA) is 97.0 Å².